The van der Waals surface area contributed by atoms with Crippen molar-refractivity contribution in [1.29, 1.82) is 0 Å². The number of esters is 3. The van der Waals surface area contributed by atoms with E-state index in [0.29, 0.717) is 5.56 Å². The molecule has 1 aliphatic rings. The number of cyclic esters (lactones) is 1. The Hall–Kier alpha value is -3.22. The molecule has 1 heterocycles. The summed E-state index contributed by atoms with van der Waals surface area (Å²) in [5.41, 5.74) is -2.05. The van der Waals surface area contributed by atoms with E-state index in [4.69, 9.17) is 14.2 Å². The van der Waals surface area contributed by atoms with Crippen LogP contribution in [-0.2, 0) is 19.0 Å². The lowest BCUT2D eigenvalue weighted by Crippen LogP contribution is -2.44. The maximum absolute atomic E-state index is 14.8. The van der Waals surface area contributed by atoms with E-state index in [9.17, 15) is 18.8 Å². The molecule has 0 N–H and O–H groups in total. The van der Waals surface area contributed by atoms with Gasteiger partial charge in [-0.1, -0.05) is 36.4 Å². The molecular formula is C20H17FO6. The zero-order valence-corrected chi connectivity index (χ0v) is 14.5. The number of hydrogen-bond acceptors (Lipinski definition) is 6. The summed E-state index contributed by atoms with van der Waals surface area (Å²) in [4.78, 5) is 36.1. The molecule has 0 aromatic heterocycles. The van der Waals surface area contributed by atoms with Crippen LogP contribution in [0.3, 0.4) is 0 Å². The Morgan fingerprint density at radius 2 is 1.52 bits per heavy atom. The van der Waals surface area contributed by atoms with Gasteiger partial charge in [-0.25, -0.2) is 18.8 Å². The third-order valence-electron chi connectivity index (χ3n) is 4.16. The molecule has 0 amide bonds. The van der Waals surface area contributed by atoms with Crippen LogP contribution in [0.2, 0.25) is 0 Å². The SMILES string of the molecule is CC1(F)C(=O)O[C@H](COC(=O)c2ccccc2)[C@H]1OC(=O)c1ccccc1. The third-order valence-corrected chi connectivity index (χ3v) is 4.16. The Balaban J connectivity index is 1.70. The van der Waals surface area contributed by atoms with Crippen molar-refractivity contribution >= 4 is 17.9 Å². The molecule has 27 heavy (non-hydrogen) atoms. The zero-order chi connectivity index (χ0) is 19.4. The molecule has 140 valence electrons. The number of alkyl halides is 1. The summed E-state index contributed by atoms with van der Waals surface area (Å²) < 4.78 is 30.0. The van der Waals surface area contributed by atoms with Crippen molar-refractivity contribution in [3.63, 3.8) is 0 Å². The Kier molecular flexibility index (Phi) is 5.21. The van der Waals surface area contributed by atoms with E-state index in [1.165, 1.54) is 12.1 Å². The normalized spacial score (nSPS) is 24.1. The smallest absolute Gasteiger partial charge is 0.348 e. The van der Waals surface area contributed by atoms with Gasteiger partial charge in [0.1, 0.15) is 6.61 Å². The van der Waals surface area contributed by atoms with Crippen LogP contribution >= 0.6 is 0 Å². The molecule has 2 aromatic rings. The van der Waals surface area contributed by atoms with E-state index in [2.05, 4.69) is 0 Å². The predicted octanol–water partition coefficient (Wildman–Crippen LogP) is 2.72. The van der Waals surface area contributed by atoms with E-state index < -0.39 is 42.4 Å². The highest BCUT2D eigenvalue weighted by molar-refractivity contribution is 5.91. The summed E-state index contributed by atoms with van der Waals surface area (Å²) in [7, 11) is 0. The van der Waals surface area contributed by atoms with Crippen molar-refractivity contribution in [2.75, 3.05) is 6.61 Å². The highest BCUT2D eigenvalue weighted by Crippen LogP contribution is 2.33. The third kappa shape index (κ3) is 3.97. The average Bonchev–Trinajstić information content (AvgIpc) is 2.90. The Morgan fingerprint density at radius 1 is 1.00 bits per heavy atom. The number of carbonyl (C=O) groups is 3. The van der Waals surface area contributed by atoms with Gasteiger partial charge in [0.25, 0.3) is 0 Å². The fraction of sp³-hybridized carbons (Fsp3) is 0.250. The Bertz CT molecular complexity index is 834. The van der Waals surface area contributed by atoms with Gasteiger partial charge in [-0.3, -0.25) is 0 Å². The quantitative estimate of drug-likeness (QED) is 0.593. The molecule has 0 radical (unpaired) electrons. The predicted molar refractivity (Wildman–Crippen MR) is 91.8 cm³/mol. The highest BCUT2D eigenvalue weighted by Gasteiger charge is 2.58. The lowest BCUT2D eigenvalue weighted by Gasteiger charge is -2.22. The van der Waals surface area contributed by atoms with Gasteiger partial charge in [-0.05, 0) is 31.2 Å². The number of hydrogen-bond donors (Lipinski definition) is 0. The first kappa shape index (κ1) is 18.6. The van der Waals surface area contributed by atoms with Gasteiger partial charge in [0, 0.05) is 0 Å². The van der Waals surface area contributed by atoms with Crippen molar-refractivity contribution in [2.24, 2.45) is 0 Å². The number of benzene rings is 2. The van der Waals surface area contributed by atoms with Crippen LogP contribution in [0.25, 0.3) is 0 Å². The number of rotatable bonds is 5. The minimum absolute atomic E-state index is 0.202. The topological polar surface area (TPSA) is 78.9 Å². The molecule has 6 nitrogen and oxygen atoms in total. The summed E-state index contributed by atoms with van der Waals surface area (Å²) in [5.74, 6) is -2.64. The van der Waals surface area contributed by atoms with Crippen LogP contribution in [0, 0.1) is 0 Å². The molecule has 0 aliphatic carbocycles. The molecule has 7 heteroatoms. The zero-order valence-electron chi connectivity index (χ0n) is 14.5. The van der Waals surface area contributed by atoms with Gasteiger partial charge in [0.15, 0.2) is 12.2 Å². The van der Waals surface area contributed by atoms with Crippen LogP contribution in [0.15, 0.2) is 60.7 Å². The molecule has 3 atom stereocenters. The van der Waals surface area contributed by atoms with E-state index in [-0.39, 0.29) is 5.56 Å². The molecular weight excluding hydrogens is 355 g/mol. The van der Waals surface area contributed by atoms with Gasteiger partial charge in [0.05, 0.1) is 11.1 Å². The van der Waals surface area contributed by atoms with Gasteiger partial charge < -0.3 is 14.2 Å². The van der Waals surface area contributed by atoms with Crippen molar-refractivity contribution in [3.05, 3.63) is 71.8 Å². The molecule has 1 fully saturated rings. The number of ether oxygens (including phenoxy) is 3. The van der Waals surface area contributed by atoms with Crippen molar-refractivity contribution in [2.45, 2.75) is 24.8 Å². The van der Waals surface area contributed by atoms with Crippen molar-refractivity contribution in [1.82, 2.24) is 0 Å². The molecule has 2 aromatic carbocycles. The van der Waals surface area contributed by atoms with Gasteiger partial charge in [0.2, 0.25) is 5.67 Å². The molecule has 3 rings (SSSR count). The first-order chi connectivity index (χ1) is 12.9. The summed E-state index contributed by atoms with van der Waals surface area (Å²) in [6.07, 6.45) is -2.78. The lowest BCUT2D eigenvalue weighted by molar-refractivity contribution is -0.150. The van der Waals surface area contributed by atoms with Gasteiger partial charge >= 0.3 is 17.9 Å². The largest absolute Gasteiger partial charge is 0.458 e. The van der Waals surface area contributed by atoms with E-state index in [1.54, 1.807) is 48.5 Å². The van der Waals surface area contributed by atoms with Crippen molar-refractivity contribution in [3.8, 4) is 0 Å². The standard InChI is InChI=1S/C20H17FO6/c1-20(21)16(27-18(23)14-10-6-3-7-11-14)15(26-19(20)24)12-25-17(22)13-8-4-2-5-9-13/h2-11,15-16H,12H2,1H3/t15-,16-,20?/m1/s1. The summed E-state index contributed by atoms with van der Waals surface area (Å²) >= 11 is 0. The summed E-state index contributed by atoms with van der Waals surface area (Å²) in [5, 5.41) is 0. The Morgan fingerprint density at radius 3 is 2.07 bits per heavy atom. The molecule has 0 spiro atoms. The lowest BCUT2D eigenvalue weighted by atomic mass is 10.00. The number of halogens is 1. The van der Waals surface area contributed by atoms with Crippen molar-refractivity contribution < 1.29 is 33.0 Å². The summed E-state index contributed by atoms with van der Waals surface area (Å²) in [6.45, 7) is 0.531. The van der Waals surface area contributed by atoms with Crippen LogP contribution in [0.1, 0.15) is 27.6 Å². The van der Waals surface area contributed by atoms with Crippen LogP contribution < -0.4 is 0 Å². The molecule has 1 saturated heterocycles. The fourth-order valence-corrected chi connectivity index (χ4v) is 2.66. The molecule has 1 unspecified atom stereocenters. The second-order valence-corrected chi connectivity index (χ2v) is 6.18. The molecule has 1 aliphatic heterocycles. The van der Waals surface area contributed by atoms with Crippen LogP contribution in [-0.4, -0.2) is 42.4 Å². The molecule has 0 bridgehead atoms. The first-order valence-corrected chi connectivity index (χ1v) is 8.28. The fourth-order valence-electron chi connectivity index (χ4n) is 2.66. The molecule has 0 saturated carbocycles. The maximum atomic E-state index is 14.8. The first-order valence-electron chi connectivity index (χ1n) is 8.28. The average molecular weight is 372 g/mol. The Labute approximate surface area is 154 Å². The minimum atomic E-state index is -2.55. The maximum Gasteiger partial charge on any atom is 0.348 e. The van der Waals surface area contributed by atoms with E-state index in [1.807, 2.05) is 0 Å². The van der Waals surface area contributed by atoms with Crippen LogP contribution in [0.4, 0.5) is 4.39 Å². The number of carbonyl (C=O) groups excluding carboxylic acids is 3. The minimum Gasteiger partial charge on any atom is -0.458 e. The van der Waals surface area contributed by atoms with E-state index in [0.717, 1.165) is 6.92 Å². The van der Waals surface area contributed by atoms with E-state index >= 15 is 0 Å². The summed E-state index contributed by atoms with van der Waals surface area (Å²) in [6, 6.07) is 16.1. The van der Waals surface area contributed by atoms with Gasteiger partial charge in [-0.15, -0.1) is 0 Å². The second kappa shape index (κ2) is 7.57. The second-order valence-electron chi connectivity index (χ2n) is 6.18. The van der Waals surface area contributed by atoms with Gasteiger partial charge in [-0.2, -0.15) is 0 Å². The monoisotopic (exact) mass is 372 g/mol. The highest BCUT2D eigenvalue weighted by atomic mass is 19.1. The van der Waals surface area contributed by atoms with Crippen LogP contribution in [0.5, 0.6) is 0 Å².